The number of carbonyl (C=O) groups is 1. The number of amides is 1. The quantitative estimate of drug-likeness (QED) is 0.819. The van der Waals surface area contributed by atoms with E-state index in [0.29, 0.717) is 24.7 Å². The molecule has 2 rings (SSSR count). The molecule has 0 radical (unpaired) electrons. The molecule has 6 heteroatoms. The Morgan fingerprint density at radius 1 is 1.65 bits per heavy atom. The van der Waals surface area contributed by atoms with Gasteiger partial charge in [-0.25, -0.2) is 0 Å². The van der Waals surface area contributed by atoms with Crippen molar-refractivity contribution in [1.29, 1.82) is 0 Å². The monoisotopic (exact) mass is 238 g/mol. The first-order valence-electron chi connectivity index (χ1n) is 6.02. The molecule has 0 saturated carbocycles. The van der Waals surface area contributed by atoms with Crippen LogP contribution in [0.25, 0.3) is 0 Å². The smallest absolute Gasteiger partial charge is 0.250 e. The summed E-state index contributed by atoms with van der Waals surface area (Å²) < 4.78 is 5.19. The number of rotatable bonds is 2. The average Bonchev–Trinajstić information content (AvgIpc) is 2.63. The first kappa shape index (κ1) is 12.0. The van der Waals surface area contributed by atoms with E-state index in [9.17, 15) is 4.79 Å². The van der Waals surface area contributed by atoms with Crippen LogP contribution in [0.1, 0.15) is 37.5 Å². The molecular weight excluding hydrogens is 220 g/mol. The van der Waals surface area contributed by atoms with Crippen LogP contribution in [0.15, 0.2) is 4.52 Å². The maximum absolute atomic E-state index is 11.9. The Kier molecular flexibility index (Phi) is 3.73. The van der Waals surface area contributed by atoms with Crippen molar-refractivity contribution in [3.05, 3.63) is 11.7 Å². The van der Waals surface area contributed by atoms with Gasteiger partial charge in [0.05, 0.1) is 0 Å². The number of hydrogen-bond donors (Lipinski definition) is 1. The van der Waals surface area contributed by atoms with Crippen molar-refractivity contribution in [3.63, 3.8) is 0 Å². The number of nitrogens with zero attached hydrogens (tertiary/aromatic N) is 3. The van der Waals surface area contributed by atoms with Crippen molar-refractivity contribution < 1.29 is 9.32 Å². The van der Waals surface area contributed by atoms with Crippen LogP contribution in [0.3, 0.4) is 0 Å². The lowest BCUT2D eigenvalue weighted by Gasteiger charge is -2.26. The van der Waals surface area contributed by atoms with Gasteiger partial charge < -0.3 is 14.7 Å². The lowest BCUT2D eigenvalue weighted by molar-refractivity contribution is -0.133. The van der Waals surface area contributed by atoms with Gasteiger partial charge in [-0.2, -0.15) is 4.98 Å². The second-order valence-electron chi connectivity index (χ2n) is 4.19. The summed E-state index contributed by atoms with van der Waals surface area (Å²) in [5, 5.41) is 7.08. The molecule has 6 nitrogen and oxygen atoms in total. The molecule has 1 aliphatic heterocycles. The fourth-order valence-electron chi connectivity index (χ4n) is 2.05. The van der Waals surface area contributed by atoms with E-state index in [1.807, 2.05) is 11.8 Å². The zero-order valence-electron chi connectivity index (χ0n) is 10.3. The van der Waals surface area contributed by atoms with Gasteiger partial charge in [-0.05, 0) is 19.9 Å². The number of aromatic nitrogens is 2. The van der Waals surface area contributed by atoms with Crippen LogP contribution in [0, 0.1) is 6.92 Å². The predicted octanol–water partition coefficient (Wildman–Crippen LogP) is 0.651. The van der Waals surface area contributed by atoms with Crippen molar-refractivity contribution in [1.82, 2.24) is 20.4 Å². The molecule has 17 heavy (non-hydrogen) atoms. The minimum absolute atomic E-state index is 0.133. The van der Waals surface area contributed by atoms with Gasteiger partial charge in [0.25, 0.3) is 5.89 Å². The van der Waals surface area contributed by atoms with E-state index in [1.54, 1.807) is 6.92 Å². The van der Waals surface area contributed by atoms with E-state index in [0.717, 1.165) is 19.5 Å². The van der Waals surface area contributed by atoms with Gasteiger partial charge in [0.1, 0.15) is 6.04 Å². The fraction of sp³-hybridized carbons (Fsp3) is 0.727. The molecule has 0 aliphatic carbocycles. The van der Waals surface area contributed by atoms with Gasteiger partial charge >= 0.3 is 0 Å². The van der Waals surface area contributed by atoms with E-state index in [4.69, 9.17) is 4.52 Å². The highest BCUT2D eigenvalue weighted by molar-refractivity contribution is 5.76. The number of nitrogens with one attached hydrogen (secondary N) is 1. The van der Waals surface area contributed by atoms with Gasteiger partial charge in [0, 0.05) is 19.5 Å². The normalized spacial score (nSPS) is 21.3. The Balaban J connectivity index is 2.22. The van der Waals surface area contributed by atoms with E-state index in [2.05, 4.69) is 15.5 Å². The zero-order valence-corrected chi connectivity index (χ0v) is 10.3. The molecule has 1 unspecified atom stereocenters. The summed E-state index contributed by atoms with van der Waals surface area (Å²) in [6.45, 7) is 5.98. The first-order chi connectivity index (χ1) is 8.22. The SMILES string of the molecule is CCC(=O)N1CCCNCC1c1nc(C)no1. The van der Waals surface area contributed by atoms with Crippen LogP contribution in [-0.2, 0) is 4.79 Å². The highest BCUT2D eigenvalue weighted by Gasteiger charge is 2.29. The van der Waals surface area contributed by atoms with E-state index in [-0.39, 0.29) is 11.9 Å². The molecule has 0 spiro atoms. The Hall–Kier alpha value is -1.43. The lowest BCUT2D eigenvalue weighted by atomic mass is 10.2. The summed E-state index contributed by atoms with van der Waals surface area (Å²) in [7, 11) is 0. The third-order valence-corrected chi connectivity index (χ3v) is 2.92. The van der Waals surface area contributed by atoms with Crippen molar-refractivity contribution in [3.8, 4) is 0 Å². The Morgan fingerprint density at radius 3 is 3.12 bits per heavy atom. The van der Waals surface area contributed by atoms with Crippen LogP contribution in [0.4, 0.5) is 0 Å². The predicted molar refractivity (Wildman–Crippen MR) is 61.3 cm³/mol. The highest BCUT2D eigenvalue weighted by Crippen LogP contribution is 2.21. The standard InChI is InChI=1S/C11H18N4O2/c1-3-10(16)15-6-4-5-12-7-9(15)11-13-8(2)14-17-11/h9,12H,3-7H2,1-2H3. The number of aryl methyl sites for hydroxylation is 1. The third kappa shape index (κ3) is 2.63. The zero-order chi connectivity index (χ0) is 12.3. The third-order valence-electron chi connectivity index (χ3n) is 2.92. The Morgan fingerprint density at radius 2 is 2.47 bits per heavy atom. The van der Waals surface area contributed by atoms with E-state index < -0.39 is 0 Å². The van der Waals surface area contributed by atoms with Gasteiger partial charge in [0.2, 0.25) is 5.91 Å². The van der Waals surface area contributed by atoms with Crippen molar-refractivity contribution in [2.45, 2.75) is 32.7 Å². The van der Waals surface area contributed by atoms with Crippen LogP contribution in [0.2, 0.25) is 0 Å². The molecule has 1 aliphatic rings. The van der Waals surface area contributed by atoms with Crippen molar-refractivity contribution >= 4 is 5.91 Å². The van der Waals surface area contributed by atoms with Gasteiger partial charge in [0.15, 0.2) is 5.82 Å². The topological polar surface area (TPSA) is 71.3 Å². The maximum Gasteiger partial charge on any atom is 0.250 e. The molecule has 0 aromatic carbocycles. The Labute approximate surface area is 100 Å². The summed E-state index contributed by atoms with van der Waals surface area (Å²) in [6, 6.07) is -0.133. The van der Waals surface area contributed by atoms with Crippen LogP contribution >= 0.6 is 0 Å². The largest absolute Gasteiger partial charge is 0.337 e. The minimum Gasteiger partial charge on any atom is -0.337 e. The molecular formula is C11H18N4O2. The Bertz CT molecular complexity index is 391. The minimum atomic E-state index is -0.133. The molecule has 0 bridgehead atoms. The van der Waals surface area contributed by atoms with E-state index >= 15 is 0 Å². The number of carbonyl (C=O) groups excluding carboxylic acids is 1. The summed E-state index contributed by atoms with van der Waals surface area (Å²) >= 11 is 0. The number of hydrogen-bond acceptors (Lipinski definition) is 5. The first-order valence-corrected chi connectivity index (χ1v) is 6.02. The van der Waals surface area contributed by atoms with Gasteiger partial charge in [-0.15, -0.1) is 0 Å². The molecule has 1 saturated heterocycles. The van der Waals surface area contributed by atoms with E-state index in [1.165, 1.54) is 0 Å². The molecule has 1 N–H and O–H groups in total. The average molecular weight is 238 g/mol. The fourth-order valence-corrected chi connectivity index (χ4v) is 2.05. The summed E-state index contributed by atoms with van der Waals surface area (Å²) in [4.78, 5) is 18.0. The second-order valence-corrected chi connectivity index (χ2v) is 4.19. The summed E-state index contributed by atoms with van der Waals surface area (Å²) in [5.41, 5.74) is 0. The second kappa shape index (κ2) is 5.27. The molecule has 1 amide bonds. The molecule has 2 heterocycles. The van der Waals surface area contributed by atoms with Gasteiger partial charge in [-0.1, -0.05) is 12.1 Å². The van der Waals surface area contributed by atoms with Crippen LogP contribution < -0.4 is 5.32 Å². The summed E-state index contributed by atoms with van der Waals surface area (Å²) in [6.07, 6.45) is 1.46. The van der Waals surface area contributed by atoms with Crippen LogP contribution in [0.5, 0.6) is 0 Å². The molecule has 1 fully saturated rings. The lowest BCUT2D eigenvalue weighted by Crippen LogP contribution is -2.37. The molecule has 94 valence electrons. The van der Waals surface area contributed by atoms with Crippen molar-refractivity contribution in [2.24, 2.45) is 0 Å². The summed E-state index contributed by atoms with van der Waals surface area (Å²) in [5.74, 6) is 1.27. The van der Waals surface area contributed by atoms with Crippen molar-refractivity contribution in [2.75, 3.05) is 19.6 Å². The van der Waals surface area contributed by atoms with Gasteiger partial charge in [-0.3, -0.25) is 4.79 Å². The maximum atomic E-state index is 11.9. The van der Waals surface area contributed by atoms with Crippen LogP contribution in [-0.4, -0.2) is 40.6 Å². The molecule has 1 atom stereocenters. The molecule has 1 aromatic heterocycles. The highest BCUT2D eigenvalue weighted by atomic mass is 16.5. The molecule has 1 aromatic rings.